The van der Waals surface area contributed by atoms with E-state index in [1.807, 2.05) is 30.3 Å². The van der Waals surface area contributed by atoms with Crippen LogP contribution in [-0.4, -0.2) is 65.9 Å². The van der Waals surface area contributed by atoms with Crippen LogP contribution in [0.1, 0.15) is 23.2 Å². The van der Waals surface area contributed by atoms with Gasteiger partial charge in [0.1, 0.15) is 0 Å². The lowest BCUT2D eigenvalue weighted by atomic mass is 10.1. The van der Waals surface area contributed by atoms with Gasteiger partial charge in [0.15, 0.2) is 5.78 Å². The van der Waals surface area contributed by atoms with E-state index in [2.05, 4.69) is 9.80 Å². The second-order valence-corrected chi connectivity index (χ2v) is 5.40. The highest BCUT2D eigenvalue weighted by Crippen LogP contribution is 2.07. The number of Topliss-reactive ketones (excluding diaryl/α,β-unsaturated/α-hetero) is 1. The van der Waals surface area contributed by atoms with Crippen LogP contribution in [0.3, 0.4) is 0 Å². The zero-order valence-electron chi connectivity index (χ0n) is 12.2. The molecule has 0 radical (unpaired) electrons. The van der Waals surface area contributed by atoms with Crippen molar-refractivity contribution in [3.63, 3.8) is 0 Å². The molecule has 1 aromatic rings. The third-order valence-electron chi connectivity index (χ3n) is 3.79. The molecule has 114 valence electrons. The van der Waals surface area contributed by atoms with Gasteiger partial charge in [-0.3, -0.25) is 14.5 Å². The number of benzene rings is 1. The Morgan fingerprint density at radius 2 is 1.67 bits per heavy atom. The number of rotatable bonds is 6. The third kappa shape index (κ3) is 5.28. The quantitative estimate of drug-likeness (QED) is 0.801. The summed E-state index contributed by atoms with van der Waals surface area (Å²) in [5.74, 6) is -0.607. The molecule has 1 fully saturated rings. The van der Waals surface area contributed by atoms with Gasteiger partial charge in [0.25, 0.3) is 0 Å². The SMILES string of the molecule is O=C(O)CCN1CCCN(CC(=O)c2ccccc2)CC1. The van der Waals surface area contributed by atoms with Crippen molar-refractivity contribution in [2.45, 2.75) is 12.8 Å². The van der Waals surface area contributed by atoms with Crippen molar-refractivity contribution in [1.29, 1.82) is 0 Å². The number of ketones is 1. The second-order valence-electron chi connectivity index (χ2n) is 5.40. The van der Waals surface area contributed by atoms with Gasteiger partial charge in [0, 0.05) is 25.2 Å². The van der Waals surface area contributed by atoms with Crippen LogP contribution < -0.4 is 0 Å². The van der Waals surface area contributed by atoms with E-state index < -0.39 is 5.97 Å². The molecule has 5 heteroatoms. The van der Waals surface area contributed by atoms with Gasteiger partial charge in [-0.1, -0.05) is 30.3 Å². The zero-order chi connectivity index (χ0) is 15.1. The van der Waals surface area contributed by atoms with Gasteiger partial charge in [-0.25, -0.2) is 0 Å². The summed E-state index contributed by atoms with van der Waals surface area (Å²) in [6, 6.07) is 9.36. The van der Waals surface area contributed by atoms with E-state index in [1.165, 1.54) is 0 Å². The normalized spacial score (nSPS) is 17.3. The third-order valence-corrected chi connectivity index (χ3v) is 3.79. The summed E-state index contributed by atoms with van der Waals surface area (Å²) in [5.41, 5.74) is 0.754. The molecule has 21 heavy (non-hydrogen) atoms. The van der Waals surface area contributed by atoms with Crippen LogP contribution in [0.25, 0.3) is 0 Å². The van der Waals surface area contributed by atoms with Gasteiger partial charge in [-0.2, -0.15) is 0 Å². The molecule has 1 heterocycles. The molecule has 5 nitrogen and oxygen atoms in total. The first kappa shape index (κ1) is 15.7. The Balaban J connectivity index is 1.80. The van der Waals surface area contributed by atoms with Gasteiger partial charge in [0.2, 0.25) is 0 Å². The van der Waals surface area contributed by atoms with Crippen molar-refractivity contribution in [2.75, 3.05) is 39.3 Å². The fourth-order valence-electron chi connectivity index (χ4n) is 2.58. The van der Waals surface area contributed by atoms with Crippen LogP contribution in [-0.2, 0) is 4.79 Å². The molecule has 0 saturated carbocycles. The summed E-state index contributed by atoms with van der Waals surface area (Å²) in [7, 11) is 0. The molecular weight excluding hydrogens is 268 g/mol. The highest BCUT2D eigenvalue weighted by atomic mass is 16.4. The molecule has 0 amide bonds. The standard InChI is InChI=1S/C16H22N2O3/c19-15(14-5-2-1-3-6-14)13-18-9-4-8-17(11-12-18)10-7-16(20)21/h1-3,5-6H,4,7-13H2,(H,20,21). The molecule has 0 unspecified atom stereocenters. The summed E-state index contributed by atoms with van der Waals surface area (Å²) in [6.45, 7) is 4.48. The number of carbonyl (C=O) groups is 2. The number of carbonyl (C=O) groups excluding carboxylic acids is 1. The van der Waals surface area contributed by atoms with Crippen molar-refractivity contribution in [2.24, 2.45) is 0 Å². The van der Waals surface area contributed by atoms with Crippen molar-refractivity contribution in [1.82, 2.24) is 9.80 Å². The minimum Gasteiger partial charge on any atom is -0.481 e. The minimum absolute atomic E-state index is 0.148. The molecule has 1 aromatic carbocycles. The van der Waals surface area contributed by atoms with Gasteiger partial charge >= 0.3 is 5.97 Å². The molecule has 1 N–H and O–H groups in total. The van der Waals surface area contributed by atoms with E-state index in [1.54, 1.807) is 0 Å². The first-order valence-electron chi connectivity index (χ1n) is 7.40. The van der Waals surface area contributed by atoms with Crippen LogP contribution in [0, 0.1) is 0 Å². The predicted molar refractivity (Wildman–Crippen MR) is 80.5 cm³/mol. The van der Waals surface area contributed by atoms with E-state index in [0.717, 1.165) is 38.2 Å². The topological polar surface area (TPSA) is 60.9 Å². The summed E-state index contributed by atoms with van der Waals surface area (Å²) >= 11 is 0. The van der Waals surface area contributed by atoms with E-state index >= 15 is 0 Å². The zero-order valence-corrected chi connectivity index (χ0v) is 12.2. The van der Waals surface area contributed by atoms with Crippen molar-refractivity contribution in [3.05, 3.63) is 35.9 Å². The average molecular weight is 290 g/mol. The molecule has 1 saturated heterocycles. The van der Waals surface area contributed by atoms with Crippen molar-refractivity contribution < 1.29 is 14.7 Å². The molecule has 0 bridgehead atoms. The van der Waals surface area contributed by atoms with E-state index in [-0.39, 0.29) is 12.2 Å². The van der Waals surface area contributed by atoms with E-state index in [0.29, 0.717) is 13.1 Å². The fourth-order valence-corrected chi connectivity index (χ4v) is 2.58. The highest BCUT2D eigenvalue weighted by Gasteiger charge is 2.18. The Kier molecular flexibility index (Phi) is 5.90. The van der Waals surface area contributed by atoms with Crippen LogP contribution in [0.5, 0.6) is 0 Å². The average Bonchev–Trinajstić information content (AvgIpc) is 2.71. The van der Waals surface area contributed by atoms with E-state index in [4.69, 9.17) is 5.11 Å². The Bertz CT molecular complexity index is 476. The Morgan fingerprint density at radius 1 is 1.00 bits per heavy atom. The lowest BCUT2D eigenvalue weighted by Crippen LogP contribution is -2.34. The largest absolute Gasteiger partial charge is 0.481 e. The maximum Gasteiger partial charge on any atom is 0.304 e. The molecule has 1 aliphatic heterocycles. The lowest BCUT2D eigenvalue weighted by Gasteiger charge is -2.20. The second kappa shape index (κ2) is 7.90. The van der Waals surface area contributed by atoms with Crippen LogP contribution >= 0.6 is 0 Å². The maximum atomic E-state index is 12.2. The number of nitrogens with zero attached hydrogens (tertiary/aromatic N) is 2. The van der Waals surface area contributed by atoms with Gasteiger partial charge in [-0.05, 0) is 19.5 Å². The predicted octanol–water partition coefficient (Wildman–Crippen LogP) is 1.35. The molecule has 2 rings (SSSR count). The molecular formula is C16H22N2O3. The Hall–Kier alpha value is -1.72. The molecule has 1 aliphatic rings. The smallest absolute Gasteiger partial charge is 0.304 e. The molecule has 0 spiro atoms. The van der Waals surface area contributed by atoms with Crippen LogP contribution in [0.2, 0.25) is 0 Å². The molecule has 0 atom stereocenters. The number of carboxylic acid groups (broad SMARTS) is 1. The lowest BCUT2D eigenvalue weighted by molar-refractivity contribution is -0.137. The first-order valence-corrected chi connectivity index (χ1v) is 7.40. The van der Waals surface area contributed by atoms with Crippen molar-refractivity contribution >= 4 is 11.8 Å². The minimum atomic E-state index is -0.754. The summed E-state index contributed by atoms with van der Waals surface area (Å²) < 4.78 is 0. The summed E-state index contributed by atoms with van der Waals surface area (Å²) in [4.78, 5) is 27.1. The Labute approximate surface area is 125 Å². The monoisotopic (exact) mass is 290 g/mol. The number of hydrogen-bond acceptors (Lipinski definition) is 4. The number of hydrogen-bond donors (Lipinski definition) is 1. The number of carboxylic acids is 1. The van der Waals surface area contributed by atoms with Crippen LogP contribution in [0.4, 0.5) is 0 Å². The molecule has 0 aromatic heterocycles. The highest BCUT2D eigenvalue weighted by molar-refractivity contribution is 5.97. The van der Waals surface area contributed by atoms with Gasteiger partial charge < -0.3 is 10.0 Å². The van der Waals surface area contributed by atoms with Crippen molar-refractivity contribution in [3.8, 4) is 0 Å². The van der Waals surface area contributed by atoms with Gasteiger partial charge in [-0.15, -0.1) is 0 Å². The molecule has 0 aliphatic carbocycles. The first-order chi connectivity index (χ1) is 10.1. The van der Waals surface area contributed by atoms with E-state index in [9.17, 15) is 9.59 Å². The summed E-state index contributed by atoms with van der Waals surface area (Å²) in [5, 5.41) is 8.73. The fraction of sp³-hybridized carbons (Fsp3) is 0.500. The Morgan fingerprint density at radius 3 is 2.38 bits per heavy atom. The number of aliphatic carboxylic acids is 1. The maximum absolute atomic E-state index is 12.2. The summed E-state index contributed by atoms with van der Waals surface area (Å²) in [6.07, 6.45) is 1.16. The van der Waals surface area contributed by atoms with Gasteiger partial charge in [0.05, 0.1) is 13.0 Å². The van der Waals surface area contributed by atoms with Crippen LogP contribution in [0.15, 0.2) is 30.3 Å².